The van der Waals surface area contributed by atoms with E-state index in [2.05, 4.69) is 14.2 Å². The monoisotopic (exact) mass is 394 g/mol. The molecule has 1 N–H and O–H groups in total. The minimum atomic E-state index is -5.88. The van der Waals surface area contributed by atoms with Crippen LogP contribution in [0.1, 0.15) is 16.5 Å². The first-order chi connectivity index (χ1) is 11.6. The van der Waals surface area contributed by atoms with Crippen molar-refractivity contribution in [2.45, 2.75) is 10.9 Å². The van der Waals surface area contributed by atoms with E-state index in [1.54, 1.807) is 6.07 Å². The number of esters is 1. The first-order valence-electron chi connectivity index (χ1n) is 6.35. The van der Waals surface area contributed by atoms with E-state index in [9.17, 15) is 26.4 Å². The number of methoxy groups -OCH3 is 1. The number of thioether (sulfide) groups is 1. The predicted octanol–water partition coefficient (Wildman–Crippen LogP) is 2.14. The zero-order chi connectivity index (χ0) is 18.8. The molecule has 134 valence electrons. The summed E-state index contributed by atoms with van der Waals surface area (Å²) in [6, 6.07) is 4.96. The van der Waals surface area contributed by atoms with Crippen molar-refractivity contribution in [1.82, 2.24) is 5.32 Å². The molecule has 0 bridgehead atoms. The van der Waals surface area contributed by atoms with Gasteiger partial charge < -0.3 is 14.2 Å². The number of carbonyl (C=O) groups excluding carboxylic acids is 1. The van der Waals surface area contributed by atoms with Gasteiger partial charge in [0.05, 0.1) is 12.7 Å². The van der Waals surface area contributed by atoms with Crippen LogP contribution < -0.4 is 9.50 Å². The van der Waals surface area contributed by atoms with Crippen LogP contribution in [-0.2, 0) is 19.6 Å². The number of nitrogens with one attached hydrogen (secondary N) is 1. The molecule has 0 fully saturated rings. The van der Waals surface area contributed by atoms with Gasteiger partial charge in [0.15, 0.2) is 5.75 Å². The number of hydrogen-bond acceptors (Lipinski definition) is 8. The first-order valence-corrected chi connectivity index (χ1v) is 8.64. The normalized spacial score (nSPS) is 17.2. The Labute approximate surface area is 144 Å². The van der Waals surface area contributed by atoms with Crippen molar-refractivity contribution in [1.29, 1.82) is 5.26 Å². The van der Waals surface area contributed by atoms with Crippen LogP contribution in [0.4, 0.5) is 13.2 Å². The zero-order valence-electron chi connectivity index (χ0n) is 12.3. The zero-order valence-corrected chi connectivity index (χ0v) is 14.0. The number of alkyl halides is 3. The highest BCUT2D eigenvalue weighted by molar-refractivity contribution is 8.04. The molecule has 1 aromatic carbocycles. The van der Waals surface area contributed by atoms with Crippen molar-refractivity contribution < 1.29 is 35.3 Å². The summed E-state index contributed by atoms with van der Waals surface area (Å²) in [6.07, 6.45) is 1.39. The van der Waals surface area contributed by atoms with E-state index in [1.165, 1.54) is 25.4 Å². The molecule has 0 radical (unpaired) electrons. The molecule has 1 aliphatic heterocycles. The number of carbonyl (C=O) groups is 1. The van der Waals surface area contributed by atoms with Gasteiger partial charge in [0, 0.05) is 6.20 Å². The third-order valence-corrected chi connectivity index (χ3v) is 5.06. The van der Waals surface area contributed by atoms with Gasteiger partial charge in [-0.05, 0) is 17.7 Å². The average molecular weight is 394 g/mol. The topological polar surface area (TPSA) is 105 Å². The lowest BCUT2D eigenvalue weighted by Crippen LogP contribution is -2.28. The molecule has 1 atom stereocenters. The molecule has 25 heavy (non-hydrogen) atoms. The summed E-state index contributed by atoms with van der Waals surface area (Å²) in [4.78, 5) is 11.7. The van der Waals surface area contributed by atoms with Gasteiger partial charge in [0.25, 0.3) is 0 Å². The Morgan fingerprint density at radius 1 is 1.40 bits per heavy atom. The molecule has 1 unspecified atom stereocenters. The van der Waals surface area contributed by atoms with Crippen molar-refractivity contribution in [2.24, 2.45) is 0 Å². The molecule has 0 aliphatic carbocycles. The summed E-state index contributed by atoms with van der Waals surface area (Å²) in [6.45, 7) is 0. The molecule has 0 amide bonds. The number of nitriles is 1. The molecule has 0 aromatic heterocycles. The second-order valence-electron chi connectivity index (χ2n) is 4.52. The molecule has 0 spiro atoms. The van der Waals surface area contributed by atoms with Crippen LogP contribution >= 0.6 is 11.8 Å². The smallest absolute Gasteiger partial charge is 0.465 e. The van der Waals surface area contributed by atoms with Crippen LogP contribution in [0.2, 0.25) is 0 Å². The fraction of sp³-hybridized carbons (Fsp3) is 0.231. The number of benzene rings is 1. The maximum Gasteiger partial charge on any atom is 0.534 e. The fourth-order valence-electron chi connectivity index (χ4n) is 1.75. The standard InChI is InChI=1S/C13H9F3N2O5S2/c1-22-12(19)10-6-18-11(24-10)7-2-3-9(8(4-7)5-17)23-25(20,21)13(14,15)16/h2-4,6,11,18H,1H3. The highest BCUT2D eigenvalue weighted by Gasteiger charge is 2.48. The van der Waals surface area contributed by atoms with Crippen LogP contribution in [0.3, 0.4) is 0 Å². The van der Waals surface area contributed by atoms with Crippen LogP contribution in [-0.4, -0.2) is 27.0 Å². The Kier molecular flexibility index (Phi) is 5.19. The number of nitrogens with zero attached hydrogens (tertiary/aromatic N) is 1. The highest BCUT2D eigenvalue weighted by atomic mass is 32.2. The van der Waals surface area contributed by atoms with Crippen LogP contribution in [0, 0.1) is 11.3 Å². The van der Waals surface area contributed by atoms with E-state index in [0.717, 1.165) is 17.8 Å². The van der Waals surface area contributed by atoms with Gasteiger partial charge in [-0.25, -0.2) is 4.79 Å². The van der Waals surface area contributed by atoms with Gasteiger partial charge >= 0.3 is 21.6 Å². The van der Waals surface area contributed by atoms with Gasteiger partial charge in [-0.15, -0.1) is 0 Å². The van der Waals surface area contributed by atoms with E-state index < -0.39 is 38.3 Å². The Bertz CT molecular complexity index is 875. The summed E-state index contributed by atoms with van der Waals surface area (Å²) < 4.78 is 67.8. The largest absolute Gasteiger partial charge is 0.534 e. The van der Waals surface area contributed by atoms with Gasteiger partial charge in [-0.2, -0.15) is 26.9 Å². The summed E-state index contributed by atoms with van der Waals surface area (Å²) in [5, 5.41) is 11.4. The van der Waals surface area contributed by atoms with E-state index >= 15 is 0 Å². The number of halogens is 3. The van der Waals surface area contributed by atoms with Crippen molar-refractivity contribution in [3.8, 4) is 11.8 Å². The van der Waals surface area contributed by atoms with Gasteiger partial charge in [-0.3, -0.25) is 0 Å². The van der Waals surface area contributed by atoms with Crippen molar-refractivity contribution in [2.75, 3.05) is 7.11 Å². The lowest BCUT2D eigenvalue weighted by atomic mass is 10.1. The third-order valence-electron chi connectivity index (χ3n) is 2.91. The molecule has 0 saturated carbocycles. The van der Waals surface area contributed by atoms with E-state index in [4.69, 9.17) is 5.26 Å². The third kappa shape index (κ3) is 3.99. The summed E-state index contributed by atoms with van der Waals surface area (Å²) >= 11 is 1.07. The second kappa shape index (κ2) is 6.85. The maximum absolute atomic E-state index is 12.4. The molecule has 12 heteroatoms. The van der Waals surface area contributed by atoms with Crippen molar-refractivity contribution in [3.05, 3.63) is 40.4 Å². The van der Waals surface area contributed by atoms with Gasteiger partial charge in [0.2, 0.25) is 0 Å². The van der Waals surface area contributed by atoms with Crippen LogP contribution in [0.25, 0.3) is 0 Å². The minimum Gasteiger partial charge on any atom is -0.465 e. The molecule has 1 aliphatic rings. The van der Waals surface area contributed by atoms with E-state index in [1.807, 2.05) is 0 Å². The number of hydrogen-bond donors (Lipinski definition) is 1. The molecular formula is C13H9F3N2O5S2. The van der Waals surface area contributed by atoms with Crippen molar-refractivity contribution >= 4 is 27.8 Å². The van der Waals surface area contributed by atoms with Crippen molar-refractivity contribution in [3.63, 3.8) is 0 Å². The van der Waals surface area contributed by atoms with Crippen LogP contribution in [0.15, 0.2) is 29.3 Å². The second-order valence-corrected chi connectivity index (χ2v) is 7.20. The SMILES string of the molecule is COC(=O)C1=CNC(c2ccc(OS(=O)(=O)C(F)(F)F)c(C#N)c2)S1. The van der Waals surface area contributed by atoms with E-state index in [-0.39, 0.29) is 4.91 Å². The first kappa shape index (κ1) is 18.9. The molecular weight excluding hydrogens is 385 g/mol. The average Bonchev–Trinajstić information content (AvgIpc) is 3.03. The number of ether oxygens (including phenoxy) is 1. The Morgan fingerprint density at radius 2 is 2.08 bits per heavy atom. The molecule has 7 nitrogen and oxygen atoms in total. The quantitative estimate of drug-likeness (QED) is 0.470. The number of rotatable bonds is 4. The van der Waals surface area contributed by atoms with Crippen LogP contribution in [0.5, 0.6) is 5.75 Å². The summed E-state index contributed by atoms with van der Waals surface area (Å²) in [5.74, 6) is -1.32. The minimum absolute atomic E-state index is 0.269. The lowest BCUT2D eigenvalue weighted by Gasteiger charge is -2.14. The van der Waals surface area contributed by atoms with Gasteiger partial charge in [-0.1, -0.05) is 17.8 Å². The summed E-state index contributed by atoms with van der Waals surface area (Å²) in [5.41, 5.74) is -5.59. The Morgan fingerprint density at radius 3 is 2.64 bits per heavy atom. The lowest BCUT2D eigenvalue weighted by molar-refractivity contribution is -0.135. The highest BCUT2D eigenvalue weighted by Crippen LogP contribution is 2.39. The molecule has 0 saturated heterocycles. The Hall–Kier alpha value is -2.39. The molecule has 1 heterocycles. The fourth-order valence-corrected chi connectivity index (χ4v) is 3.22. The molecule has 1 aromatic rings. The predicted molar refractivity (Wildman–Crippen MR) is 80.3 cm³/mol. The van der Waals surface area contributed by atoms with Gasteiger partial charge in [0.1, 0.15) is 16.3 Å². The maximum atomic E-state index is 12.4. The van der Waals surface area contributed by atoms with E-state index in [0.29, 0.717) is 5.56 Å². The molecule has 2 rings (SSSR count). The Balaban J connectivity index is 2.24. The summed E-state index contributed by atoms with van der Waals surface area (Å²) in [7, 11) is -4.68.